The van der Waals surface area contributed by atoms with Crippen LogP contribution < -0.4 is 0 Å². The van der Waals surface area contributed by atoms with Crippen molar-refractivity contribution in [2.24, 2.45) is 5.92 Å². The van der Waals surface area contributed by atoms with Crippen LogP contribution in [0.4, 0.5) is 0 Å². The van der Waals surface area contributed by atoms with E-state index < -0.39 is 15.6 Å². The molecule has 0 saturated carbocycles. The second-order valence-corrected chi connectivity index (χ2v) is 6.78. The number of hydrogen-bond donors (Lipinski definition) is 1. The normalized spacial score (nSPS) is 20.2. The average molecular weight is 255 g/mol. The van der Waals surface area contributed by atoms with E-state index in [1.807, 2.05) is 13.8 Å². The summed E-state index contributed by atoms with van der Waals surface area (Å²) in [6.07, 6.45) is 0. The van der Waals surface area contributed by atoms with E-state index >= 15 is 0 Å². The molecule has 1 fully saturated rings. The first kappa shape index (κ1) is 12.5. The summed E-state index contributed by atoms with van der Waals surface area (Å²) in [7, 11) is -3.43. The van der Waals surface area contributed by atoms with E-state index in [1.165, 1.54) is 4.31 Å². The van der Waals surface area contributed by atoms with Gasteiger partial charge in [0.15, 0.2) is 0 Å². The first-order valence-electron chi connectivity index (χ1n) is 5.64. The first-order valence-corrected chi connectivity index (χ1v) is 7.08. The molecule has 0 aromatic heterocycles. The number of benzene rings is 1. The molecule has 0 spiro atoms. The first-order chi connectivity index (χ1) is 7.86. The van der Waals surface area contributed by atoms with Crippen molar-refractivity contribution in [3.05, 3.63) is 30.3 Å². The van der Waals surface area contributed by atoms with Gasteiger partial charge in [0.1, 0.15) is 0 Å². The smallest absolute Gasteiger partial charge is 0.243 e. The molecule has 1 aliphatic rings. The Bertz CT molecular complexity index is 490. The Morgan fingerprint density at radius 2 is 1.76 bits per heavy atom. The average Bonchev–Trinajstić information content (AvgIpc) is 2.25. The molecule has 1 aromatic carbocycles. The summed E-state index contributed by atoms with van der Waals surface area (Å²) >= 11 is 0. The van der Waals surface area contributed by atoms with Gasteiger partial charge in [0.05, 0.1) is 10.5 Å². The molecule has 0 unspecified atom stereocenters. The fourth-order valence-corrected chi connectivity index (χ4v) is 3.43. The second kappa shape index (κ2) is 4.08. The third kappa shape index (κ3) is 2.10. The van der Waals surface area contributed by atoms with E-state index in [0.717, 1.165) is 0 Å². The second-order valence-electron chi connectivity index (χ2n) is 4.84. The van der Waals surface area contributed by atoms with Gasteiger partial charge in [0, 0.05) is 13.1 Å². The van der Waals surface area contributed by atoms with Gasteiger partial charge in [0.25, 0.3) is 0 Å². The summed E-state index contributed by atoms with van der Waals surface area (Å²) < 4.78 is 25.6. The van der Waals surface area contributed by atoms with Crippen molar-refractivity contribution in [2.75, 3.05) is 13.1 Å². The van der Waals surface area contributed by atoms with Gasteiger partial charge in [-0.1, -0.05) is 32.0 Å². The van der Waals surface area contributed by atoms with Crippen molar-refractivity contribution in [3.8, 4) is 0 Å². The lowest BCUT2D eigenvalue weighted by Gasteiger charge is -2.47. The molecule has 17 heavy (non-hydrogen) atoms. The number of sulfonamides is 1. The molecular formula is C12H17NO3S. The van der Waals surface area contributed by atoms with Gasteiger partial charge in [0.2, 0.25) is 10.0 Å². The monoisotopic (exact) mass is 255 g/mol. The summed E-state index contributed by atoms with van der Waals surface area (Å²) in [5.41, 5.74) is -0.873. The SMILES string of the molecule is CC(C)C1(O)CN(S(=O)(=O)c2ccccc2)C1. The molecule has 94 valence electrons. The highest BCUT2D eigenvalue weighted by atomic mass is 32.2. The van der Waals surface area contributed by atoms with E-state index in [1.54, 1.807) is 30.3 Å². The maximum absolute atomic E-state index is 12.1. The molecule has 1 aliphatic heterocycles. The van der Waals surface area contributed by atoms with Gasteiger partial charge in [-0.2, -0.15) is 4.31 Å². The van der Waals surface area contributed by atoms with Crippen LogP contribution in [0.1, 0.15) is 13.8 Å². The molecule has 1 saturated heterocycles. The zero-order chi connectivity index (χ0) is 12.7. The van der Waals surface area contributed by atoms with Crippen molar-refractivity contribution in [2.45, 2.75) is 24.3 Å². The van der Waals surface area contributed by atoms with E-state index in [4.69, 9.17) is 0 Å². The van der Waals surface area contributed by atoms with Crippen LogP contribution in [0.2, 0.25) is 0 Å². The highest BCUT2D eigenvalue weighted by molar-refractivity contribution is 7.89. The molecule has 1 N–H and O–H groups in total. The summed E-state index contributed by atoms with van der Waals surface area (Å²) in [5.74, 6) is 0.0599. The quantitative estimate of drug-likeness (QED) is 0.879. The molecule has 0 aliphatic carbocycles. The molecule has 0 amide bonds. The third-order valence-electron chi connectivity index (χ3n) is 3.36. The van der Waals surface area contributed by atoms with Crippen LogP contribution in [0.15, 0.2) is 35.2 Å². The van der Waals surface area contributed by atoms with Crippen molar-refractivity contribution in [1.29, 1.82) is 0 Å². The molecule has 0 atom stereocenters. The largest absolute Gasteiger partial charge is 0.387 e. The molecule has 1 heterocycles. The van der Waals surface area contributed by atoms with Gasteiger partial charge >= 0.3 is 0 Å². The number of rotatable bonds is 3. The van der Waals surface area contributed by atoms with E-state index in [-0.39, 0.29) is 23.9 Å². The highest BCUT2D eigenvalue weighted by Gasteiger charge is 2.48. The predicted octanol–water partition coefficient (Wildman–Crippen LogP) is 1.08. The maximum atomic E-state index is 12.1. The Morgan fingerprint density at radius 3 is 2.24 bits per heavy atom. The third-order valence-corrected chi connectivity index (χ3v) is 5.16. The fraction of sp³-hybridized carbons (Fsp3) is 0.500. The summed E-state index contributed by atoms with van der Waals surface area (Å²) in [6, 6.07) is 8.31. The molecule has 1 aromatic rings. The van der Waals surface area contributed by atoms with E-state index in [2.05, 4.69) is 0 Å². The Labute approximate surface area is 102 Å². The predicted molar refractivity (Wildman–Crippen MR) is 65.0 cm³/mol. The van der Waals surface area contributed by atoms with Crippen LogP contribution in [0.5, 0.6) is 0 Å². The van der Waals surface area contributed by atoms with Gasteiger partial charge in [-0.05, 0) is 18.1 Å². The van der Waals surface area contributed by atoms with Crippen molar-refractivity contribution < 1.29 is 13.5 Å². The fourth-order valence-electron chi connectivity index (χ4n) is 1.84. The van der Waals surface area contributed by atoms with Crippen molar-refractivity contribution in [1.82, 2.24) is 4.31 Å². The molecule has 5 heteroatoms. The molecule has 0 radical (unpaired) electrons. The van der Waals surface area contributed by atoms with Crippen LogP contribution in [0, 0.1) is 5.92 Å². The molecule has 2 rings (SSSR count). The zero-order valence-corrected chi connectivity index (χ0v) is 10.8. The summed E-state index contributed by atoms with van der Waals surface area (Å²) in [5, 5.41) is 10.1. The van der Waals surface area contributed by atoms with Gasteiger partial charge in [-0.15, -0.1) is 0 Å². The summed E-state index contributed by atoms with van der Waals surface area (Å²) in [6.45, 7) is 4.16. The topological polar surface area (TPSA) is 57.6 Å². The van der Waals surface area contributed by atoms with Crippen LogP contribution >= 0.6 is 0 Å². The lowest BCUT2D eigenvalue weighted by Crippen LogP contribution is -2.65. The lowest BCUT2D eigenvalue weighted by molar-refractivity contribution is -0.0932. The van der Waals surface area contributed by atoms with Crippen LogP contribution in [-0.2, 0) is 10.0 Å². The van der Waals surface area contributed by atoms with Crippen molar-refractivity contribution >= 4 is 10.0 Å². The van der Waals surface area contributed by atoms with Crippen molar-refractivity contribution in [3.63, 3.8) is 0 Å². The number of hydrogen-bond acceptors (Lipinski definition) is 3. The van der Waals surface area contributed by atoms with E-state index in [0.29, 0.717) is 0 Å². The maximum Gasteiger partial charge on any atom is 0.243 e. The Balaban J connectivity index is 2.17. The van der Waals surface area contributed by atoms with Gasteiger partial charge in [-0.25, -0.2) is 8.42 Å². The minimum Gasteiger partial charge on any atom is -0.387 e. The van der Waals surface area contributed by atoms with Crippen LogP contribution in [-0.4, -0.2) is 36.5 Å². The minimum atomic E-state index is -3.43. The molecule has 4 nitrogen and oxygen atoms in total. The minimum absolute atomic E-state index is 0.0599. The van der Waals surface area contributed by atoms with Gasteiger partial charge < -0.3 is 5.11 Å². The highest BCUT2D eigenvalue weighted by Crippen LogP contribution is 2.32. The Morgan fingerprint density at radius 1 is 1.24 bits per heavy atom. The Kier molecular flexibility index (Phi) is 3.01. The summed E-state index contributed by atoms with van der Waals surface area (Å²) in [4.78, 5) is 0.283. The number of aliphatic hydroxyl groups is 1. The van der Waals surface area contributed by atoms with Gasteiger partial charge in [-0.3, -0.25) is 0 Å². The Hall–Kier alpha value is -0.910. The lowest BCUT2D eigenvalue weighted by atomic mass is 9.85. The van der Waals surface area contributed by atoms with Crippen LogP contribution in [0.3, 0.4) is 0 Å². The molecular weight excluding hydrogens is 238 g/mol. The standard InChI is InChI=1S/C12H17NO3S/c1-10(2)12(14)8-13(9-12)17(15,16)11-6-4-3-5-7-11/h3-7,10,14H,8-9H2,1-2H3. The van der Waals surface area contributed by atoms with E-state index in [9.17, 15) is 13.5 Å². The van der Waals surface area contributed by atoms with Crippen LogP contribution in [0.25, 0.3) is 0 Å². The number of β-amino-alcohol motifs (C(OH)–C–C–N with tert-alkyl or cyclic N) is 1. The number of nitrogens with zero attached hydrogens (tertiary/aromatic N) is 1. The molecule has 0 bridgehead atoms. The zero-order valence-electron chi connectivity index (χ0n) is 10.00.